The Morgan fingerprint density at radius 2 is 1.64 bits per heavy atom. The zero-order valence-corrected chi connectivity index (χ0v) is 12.3. The molecule has 0 amide bonds. The molecule has 0 spiro atoms. The van der Waals surface area contributed by atoms with Crippen LogP contribution >= 0.6 is 0 Å². The normalized spacial score (nSPS) is 11.7. The van der Waals surface area contributed by atoms with E-state index in [0.717, 1.165) is 5.56 Å². The molecule has 108 valence electrons. The van der Waals surface area contributed by atoms with Crippen molar-refractivity contribution < 1.29 is 4.42 Å². The van der Waals surface area contributed by atoms with E-state index in [-0.39, 0.29) is 5.43 Å². The first-order valence-electron chi connectivity index (χ1n) is 7.22. The lowest BCUT2D eigenvalue weighted by Crippen LogP contribution is -2.07. The van der Waals surface area contributed by atoms with E-state index in [2.05, 4.69) is 0 Å². The summed E-state index contributed by atoms with van der Waals surface area (Å²) in [5, 5.41) is 0.599. The van der Waals surface area contributed by atoms with Crippen LogP contribution in [0.3, 0.4) is 0 Å². The third-order valence-electron chi connectivity index (χ3n) is 3.44. The Hall–Kier alpha value is -2.87. The summed E-state index contributed by atoms with van der Waals surface area (Å²) < 4.78 is 6.02. The Morgan fingerprint density at radius 1 is 0.909 bits per heavy atom. The minimum atomic E-state index is -0.0125. The molecule has 0 fully saturated rings. The molecule has 0 aliphatic heterocycles. The molecule has 0 saturated heterocycles. The summed E-state index contributed by atoms with van der Waals surface area (Å²) >= 11 is 0. The first-order chi connectivity index (χ1) is 10.8. The molecule has 0 radical (unpaired) electrons. The first kappa shape index (κ1) is 14.1. The number of fused-ring (bicyclic) bond motifs is 1. The van der Waals surface area contributed by atoms with Crippen LogP contribution in [0, 0.1) is 0 Å². The monoisotopic (exact) mass is 288 g/mol. The van der Waals surface area contributed by atoms with E-state index < -0.39 is 0 Å². The molecule has 2 aromatic carbocycles. The highest BCUT2D eigenvalue weighted by Gasteiger charge is 2.13. The summed E-state index contributed by atoms with van der Waals surface area (Å²) in [6, 6.07) is 17.0. The van der Waals surface area contributed by atoms with Crippen molar-refractivity contribution in [1.82, 2.24) is 0 Å². The van der Waals surface area contributed by atoms with E-state index in [4.69, 9.17) is 4.42 Å². The highest BCUT2D eigenvalue weighted by Crippen LogP contribution is 2.26. The van der Waals surface area contributed by atoms with Gasteiger partial charge in [-0.1, -0.05) is 60.7 Å². The minimum Gasteiger partial charge on any atom is -0.455 e. The molecule has 3 rings (SSSR count). The molecular formula is C20H16O2. The number of hydrogen-bond donors (Lipinski definition) is 0. The van der Waals surface area contributed by atoms with E-state index in [9.17, 15) is 4.79 Å². The molecule has 0 aliphatic carbocycles. The number of para-hydroxylation sites is 1. The van der Waals surface area contributed by atoms with Crippen LogP contribution in [0.1, 0.15) is 12.5 Å². The fourth-order valence-electron chi connectivity index (χ4n) is 2.37. The highest BCUT2D eigenvalue weighted by atomic mass is 16.3. The summed E-state index contributed by atoms with van der Waals surface area (Å²) in [5.74, 6) is 0.602. The van der Waals surface area contributed by atoms with Gasteiger partial charge in [0.05, 0.1) is 10.9 Å². The van der Waals surface area contributed by atoms with Gasteiger partial charge in [0.25, 0.3) is 0 Å². The summed E-state index contributed by atoms with van der Waals surface area (Å²) in [5.41, 5.74) is 2.06. The summed E-state index contributed by atoms with van der Waals surface area (Å²) in [6.07, 6.45) is 7.47. The molecule has 0 aliphatic rings. The van der Waals surface area contributed by atoms with Gasteiger partial charge in [0.1, 0.15) is 11.3 Å². The smallest absolute Gasteiger partial charge is 0.200 e. The van der Waals surface area contributed by atoms with Crippen molar-refractivity contribution in [1.29, 1.82) is 0 Å². The van der Waals surface area contributed by atoms with Gasteiger partial charge in [-0.2, -0.15) is 0 Å². The molecule has 2 nitrogen and oxygen atoms in total. The SMILES string of the molecule is CC=CC=Cc1c(-c2ccccc2)oc2ccccc2c1=O. The zero-order chi connectivity index (χ0) is 15.4. The van der Waals surface area contributed by atoms with Crippen LogP contribution in [-0.4, -0.2) is 0 Å². The van der Waals surface area contributed by atoms with Gasteiger partial charge >= 0.3 is 0 Å². The van der Waals surface area contributed by atoms with Crippen LogP contribution < -0.4 is 5.43 Å². The van der Waals surface area contributed by atoms with Crippen LogP contribution in [0.5, 0.6) is 0 Å². The molecule has 1 aromatic heterocycles. The molecular weight excluding hydrogens is 272 g/mol. The van der Waals surface area contributed by atoms with E-state index >= 15 is 0 Å². The average molecular weight is 288 g/mol. The molecule has 22 heavy (non-hydrogen) atoms. The Kier molecular flexibility index (Phi) is 4.01. The van der Waals surface area contributed by atoms with Gasteiger partial charge in [-0.05, 0) is 25.1 Å². The number of rotatable bonds is 3. The number of hydrogen-bond acceptors (Lipinski definition) is 2. The Labute approximate surface area is 129 Å². The van der Waals surface area contributed by atoms with Crippen LogP contribution in [0.15, 0.2) is 82.0 Å². The van der Waals surface area contributed by atoms with Crippen molar-refractivity contribution in [3.05, 3.63) is 88.6 Å². The fraction of sp³-hybridized carbons (Fsp3) is 0.0500. The molecule has 0 atom stereocenters. The van der Waals surface area contributed by atoms with E-state index in [0.29, 0.717) is 22.3 Å². The van der Waals surface area contributed by atoms with Gasteiger partial charge in [-0.3, -0.25) is 4.79 Å². The summed E-state index contributed by atoms with van der Waals surface area (Å²) in [7, 11) is 0. The number of allylic oxidation sites excluding steroid dienone is 3. The molecule has 1 heterocycles. The summed E-state index contributed by atoms with van der Waals surface area (Å²) in [6.45, 7) is 1.94. The standard InChI is InChI=1S/C20H16O2/c1-2-3-5-13-17-19(21)16-12-8-9-14-18(16)22-20(17)15-10-6-4-7-11-15/h2-14H,1H3. The maximum Gasteiger partial charge on any atom is 0.200 e. The molecule has 3 aromatic rings. The van der Waals surface area contributed by atoms with Gasteiger partial charge in [0.2, 0.25) is 5.43 Å². The lowest BCUT2D eigenvalue weighted by molar-refractivity contribution is 0.617. The zero-order valence-electron chi connectivity index (χ0n) is 12.3. The highest BCUT2D eigenvalue weighted by molar-refractivity contribution is 5.84. The van der Waals surface area contributed by atoms with Gasteiger partial charge in [-0.15, -0.1) is 0 Å². The lowest BCUT2D eigenvalue weighted by atomic mass is 10.0. The van der Waals surface area contributed by atoms with Crippen molar-refractivity contribution >= 4 is 17.0 Å². The molecule has 0 N–H and O–H groups in total. The second-order valence-electron chi connectivity index (χ2n) is 4.92. The fourth-order valence-corrected chi connectivity index (χ4v) is 2.37. The first-order valence-corrected chi connectivity index (χ1v) is 7.22. The third-order valence-corrected chi connectivity index (χ3v) is 3.44. The second-order valence-corrected chi connectivity index (χ2v) is 4.92. The van der Waals surface area contributed by atoms with Crippen molar-refractivity contribution in [2.75, 3.05) is 0 Å². The van der Waals surface area contributed by atoms with Crippen LogP contribution in [0.4, 0.5) is 0 Å². The topological polar surface area (TPSA) is 30.2 Å². The maximum atomic E-state index is 12.8. The Bertz CT molecular complexity index is 900. The Balaban J connectivity index is 2.33. The second kappa shape index (κ2) is 6.27. The van der Waals surface area contributed by atoms with Gasteiger partial charge in [0.15, 0.2) is 0 Å². The largest absolute Gasteiger partial charge is 0.455 e. The van der Waals surface area contributed by atoms with Crippen LogP contribution in [0.25, 0.3) is 28.4 Å². The van der Waals surface area contributed by atoms with Crippen molar-refractivity contribution in [2.45, 2.75) is 6.92 Å². The van der Waals surface area contributed by atoms with Crippen LogP contribution in [-0.2, 0) is 0 Å². The maximum absolute atomic E-state index is 12.8. The predicted molar refractivity (Wildman–Crippen MR) is 91.8 cm³/mol. The van der Waals surface area contributed by atoms with E-state index in [1.165, 1.54) is 0 Å². The Morgan fingerprint density at radius 3 is 2.41 bits per heavy atom. The van der Waals surface area contributed by atoms with Gasteiger partial charge in [0, 0.05) is 5.56 Å². The number of benzene rings is 2. The molecule has 2 heteroatoms. The van der Waals surface area contributed by atoms with Crippen molar-refractivity contribution in [3.8, 4) is 11.3 Å². The molecule has 0 unspecified atom stereocenters. The van der Waals surface area contributed by atoms with Crippen LogP contribution in [0.2, 0.25) is 0 Å². The van der Waals surface area contributed by atoms with E-state index in [1.807, 2.05) is 73.7 Å². The van der Waals surface area contributed by atoms with Crippen molar-refractivity contribution in [3.63, 3.8) is 0 Å². The lowest BCUT2D eigenvalue weighted by Gasteiger charge is -2.07. The van der Waals surface area contributed by atoms with Gasteiger partial charge in [-0.25, -0.2) is 0 Å². The summed E-state index contributed by atoms with van der Waals surface area (Å²) in [4.78, 5) is 12.8. The minimum absolute atomic E-state index is 0.0125. The van der Waals surface area contributed by atoms with E-state index in [1.54, 1.807) is 12.1 Å². The predicted octanol–water partition coefficient (Wildman–Crippen LogP) is 5.05. The molecule has 0 saturated carbocycles. The average Bonchev–Trinajstić information content (AvgIpc) is 2.57. The third kappa shape index (κ3) is 2.63. The van der Waals surface area contributed by atoms with Gasteiger partial charge < -0.3 is 4.42 Å². The van der Waals surface area contributed by atoms with Crippen molar-refractivity contribution in [2.24, 2.45) is 0 Å². The quantitative estimate of drug-likeness (QED) is 0.631. The molecule has 0 bridgehead atoms.